The first-order valence-corrected chi connectivity index (χ1v) is 10.7. The molecule has 2 aromatic carbocycles. The highest BCUT2D eigenvalue weighted by molar-refractivity contribution is 5.94. The predicted octanol–water partition coefficient (Wildman–Crippen LogP) is 7.03. The molecule has 28 heavy (non-hydrogen) atoms. The van der Waals surface area contributed by atoms with Gasteiger partial charge in [0.25, 0.3) is 0 Å². The molecule has 1 aliphatic rings. The minimum Gasteiger partial charge on any atom is -0.494 e. The van der Waals surface area contributed by atoms with E-state index in [1.54, 1.807) is 0 Å². The summed E-state index contributed by atoms with van der Waals surface area (Å²) < 4.78 is 5.83. The molecule has 2 aromatic rings. The maximum absolute atomic E-state index is 5.83. The van der Waals surface area contributed by atoms with Gasteiger partial charge < -0.3 is 9.64 Å². The van der Waals surface area contributed by atoms with E-state index in [4.69, 9.17) is 4.74 Å². The first-order chi connectivity index (χ1) is 13.9. The number of benzene rings is 2. The van der Waals surface area contributed by atoms with Crippen molar-refractivity contribution in [3.05, 3.63) is 79.1 Å². The van der Waals surface area contributed by atoms with Gasteiger partial charge in [0.15, 0.2) is 0 Å². The predicted molar refractivity (Wildman–Crippen MR) is 122 cm³/mol. The molecule has 0 saturated heterocycles. The Morgan fingerprint density at radius 1 is 0.929 bits per heavy atom. The van der Waals surface area contributed by atoms with E-state index in [0.29, 0.717) is 0 Å². The van der Waals surface area contributed by atoms with E-state index in [1.165, 1.54) is 35.7 Å². The average Bonchev–Trinajstić information content (AvgIpc) is 2.75. The molecule has 0 radical (unpaired) electrons. The van der Waals surface area contributed by atoms with Crippen LogP contribution in [0.4, 0.5) is 5.69 Å². The van der Waals surface area contributed by atoms with Gasteiger partial charge in [-0.2, -0.15) is 0 Å². The van der Waals surface area contributed by atoms with E-state index in [9.17, 15) is 0 Å². The summed E-state index contributed by atoms with van der Waals surface area (Å²) in [6, 6.07) is 15.3. The molecule has 3 rings (SSSR count). The summed E-state index contributed by atoms with van der Waals surface area (Å²) >= 11 is 0. The van der Waals surface area contributed by atoms with Crippen molar-refractivity contribution in [2.45, 2.75) is 44.9 Å². The third kappa shape index (κ3) is 6.02. The topological polar surface area (TPSA) is 12.5 Å². The van der Waals surface area contributed by atoms with Gasteiger partial charge in [0.1, 0.15) is 5.76 Å². The normalized spacial score (nSPS) is 13.4. The van der Waals surface area contributed by atoms with Crippen LogP contribution in [0.1, 0.15) is 44.9 Å². The number of fused-ring (bicyclic) bond motifs is 1. The Bertz CT molecular complexity index is 800. The number of allylic oxidation sites excluding steroid dienone is 3. The lowest BCUT2D eigenvalue weighted by Gasteiger charge is -2.26. The Morgan fingerprint density at radius 3 is 2.64 bits per heavy atom. The first kappa shape index (κ1) is 20.3. The highest BCUT2D eigenvalue weighted by atomic mass is 16.5. The largest absolute Gasteiger partial charge is 0.494 e. The van der Waals surface area contributed by atoms with Gasteiger partial charge in [-0.1, -0.05) is 61.4 Å². The SMILES string of the molecule is C=CCCN(CCCCCCOC1=CCCC=C1)c1cccc2ccccc12. The lowest BCUT2D eigenvalue weighted by Crippen LogP contribution is -2.25. The first-order valence-electron chi connectivity index (χ1n) is 10.7. The van der Waals surface area contributed by atoms with E-state index in [0.717, 1.165) is 51.1 Å². The number of hydrogen-bond donors (Lipinski definition) is 0. The zero-order chi connectivity index (χ0) is 19.4. The van der Waals surface area contributed by atoms with E-state index in [1.807, 2.05) is 6.08 Å². The highest BCUT2D eigenvalue weighted by Crippen LogP contribution is 2.27. The van der Waals surface area contributed by atoms with Gasteiger partial charge in [-0.25, -0.2) is 0 Å². The molecule has 0 heterocycles. The zero-order valence-electron chi connectivity index (χ0n) is 17.0. The molecule has 0 aromatic heterocycles. The summed E-state index contributed by atoms with van der Waals surface area (Å²) in [6.07, 6.45) is 16.6. The van der Waals surface area contributed by atoms with Gasteiger partial charge >= 0.3 is 0 Å². The van der Waals surface area contributed by atoms with E-state index >= 15 is 0 Å². The molecule has 2 nitrogen and oxygen atoms in total. The summed E-state index contributed by atoms with van der Waals surface area (Å²) in [5.74, 6) is 1.05. The third-order valence-electron chi connectivity index (χ3n) is 5.26. The number of hydrogen-bond acceptors (Lipinski definition) is 2. The summed E-state index contributed by atoms with van der Waals surface area (Å²) in [7, 11) is 0. The standard InChI is InChI=1S/C26H33NO/c1-2-3-20-27(26-19-13-15-23-14-9-10-18-25(23)26)21-11-4-5-12-22-28-24-16-7-6-8-17-24/h2,7,9-10,13-19H,1,3-6,8,11-12,20-22H2. The molecule has 0 bridgehead atoms. The maximum atomic E-state index is 5.83. The average molecular weight is 376 g/mol. The van der Waals surface area contributed by atoms with Crippen LogP contribution in [0.3, 0.4) is 0 Å². The van der Waals surface area contributed by atoms with Gasteiger partial charge in [-0.3, -0.25) is 0 Å². The van der Waals surface area contributed by atoms with Crippen LogP contribution in [0.15, 0.2) is 79.1 Å². The Kier molecular flexibility index (Phi) is 8.24. The molecule has 0 aliphatic heterocycles. The maximum Gasteiger partial charge on any atom is 0.114 e. The fourth-order valence-corrected chi connectivity index (χ4v) is 3.73. The van der Waals surface area contributed by atoms with E-state index < -0.39 is 0 Å². The molecule has 0 fully saturated rings. The van der Waals surface area contributed by atoms with Crippen molar-refractivity contribution in [1.29, 1.82) is 0 Å². The van der Waals surface area contributed by atoms with Crippen molar-refractivity contribution in [2.24, 2.45) is 0 Å². The van der Waals surface area contributed by atoms with Crippen molar-refractivity contribution in [1.82, 2.24) is 0 Å². The molecule has 0 unspecified atom stereocenters. The van der Waals surface area contributed by atoms with Crippen molar-refractivity contribution >= 4 is 16.5 Å². The van der Waals surface area contributed by atoms with Gasteiger partial charge in [0, 0.05) is 24.2 Å². The van der Waals surface area contributed by atoms with Crippen molar-refractivity contribution in [2.75, 3.05) is 24.6 Å². The van der Waals surface area contributed by atoms with E-state index in [2.05, 4.69) is 72.2 Å². The van der Waals surface area contributed by atoms with E-state index in [-0.39, 0.29) is 0 Å². The molecule has 0 spiro atoms. The summed E-state index contributed by atoms with van der Waals surface area (Å²) in [5, 5.41) is 2.66. The van der Waals surface area contributed by atoms with Gasteiger partial charge in [-0.05, 0) is 55.7 Å². The third-order valence-corrected chi connectivity index (χ3v) is 5.26. The van der Waals surface area contributed by atoms with Crippen molar-refractivity contribution < 1.29 is 4.74 Å². The van der Waals surface area contributed by atoms with Crippen LogP contribution in [-0.2, 0) is 4.74 Å². The second-order valence-corrected chi connectivity index (χ2v) is 7.41. The van der Waals surface area contributed by atoms with Crippen LogP contribution in [0.25, 0.3) is 10.8 Å². The zero-order valence-corrected chi connectivity index (χ0v) is 17.0. The number of unbranched alkanes of at least 4 members (excludes halogenated alkanes) is 3. The second-order valence-electron chi connectivity index (χ2n) is 7.41. The summed E-state index contributed by atoms with van der Waals surface area (Å²) in [6.45, 7) is 6.86. The quantitative estimate of drug-likeness (QED) is 0.291. The molecular weight excluding hydrogens is 342 g/mol. The molecule has 1 aliphatic carbocycles. The second kappa shape index (κ2) is 11.4. The van der Waals surface area contributed by atoms with Gasteiger partial charge in [0.05, 0.1) is 6.61 Å². The van der Waals surface area contributed by atoms with Crippen molar-refractivity contribution in [3.8, 4) is 0 Å². The summed E-state index contributed by atoms with van der Waals surface area (Å²) in [5.41, 5.74) is 1.35. The van der Waals surface area contributed by atoms with Crippen LogP contribution in [0.2, 0.25) is 0 Å². The Hall–Kier alpha value is -2.48. The van der Waals surface area contributed by atoms with Crippen LogP contribution >= 0.6 is 0 Å². The lowest BCUT2D eigenvalue weighted by molar-refractivity contribution is 0.215. The number of ether oxygens (including phenoxy) is 1. The van der Waals surface area contributed by atoms with Gasteiger partial charge in [-0.15, -0.1) is 6.58 Å². The molecule has 0 saturated carbocycles. The fraction of sp³-hybridized carbons (Fsp3) is 0.385. The molecule has 0 atom stereocenters. The summed E-state index contributed by atoms with van der Waals surface area (Å²) in [4.78, 5) is 2.53. The molecule has 0 N–H and O–H groups in total. The van der Waals surface area contributed by atoms with Crippen LogP contribution in [-0.4, -0.2) is 19.7 Å². The van der Waals surface area contributed by atoms with Gasteiger partial charge in [0.2, 0.25) is 0 Å². The highest BCUT2D eigenvalue weighted by Gasteiger charge is 2.09. The molecule has 148 valence electrons. The molecule has 2 heteroatoms. The van der Waals surface area contributed by atoms with Crippen molar-refractivity contribution in [3.63, 3.8) is 0 Å². The number of rotatable bonds is 12. The number of anilines is 1. The monoisotopic (exact) mass is 375 g/mol. The number of nitrogens with zero attached hydrogens (tertiary/aromatic N) is 1. The molecule has 0 amide bonds. The fourth-order valence-electron chi connectivity index (χ4n) is 3.73. The Balaban J connectivity index is 1.46. The van der Waals surface area contributed by atoms with Crippen LogP contribution < -0.4 is 4.90 Å². The van der Waals surface area contributed by atoms with Crippen LogP contribution in [0, 0.1) is 0 Å². The molecular formula is C26H33NO. The smallest absolute Gasteiger partial charge is 0.114 e. The Labute approximate surface area is 170 Å². The minimum atomic E-state index is 0.833. The Morgan fingerprint density at radius 2 is 1.79 bits per heavy atom. The van der Waals surface area contributed by atoms with Crippen LogP contribution in [0.5, 0.6) is 0 Å². The lowest BCUT2D eigenvalue weighted by atomic mass is 10.1. The minimum absolute atomic E-state index is 0.833.